The predicted octanol–water partition coefficient (Wildman–Crippen LogP) is 3.51. The van der Waals surface area contributed by atoms with Crippen molar-refractivity contribution in [1.29, 1.82) is 0 Å². The average molecular weight is 358 g/mol. The second-order valence-corrected chi connectivity index (χ2v) is 6.05. The number of carbonyl (C=O) groups excluding carboxylic acids is 3. The summed E-state index contributed by atoms with van der Waals surface area (Å²) in [4.78, 5) is 38.1. The minimum absolute atomic E-state index is 0.0209. The van der Waals surface area contributed by atoms with Crippen molar-refractivity contribution in [3.63, 3.8) is 0 Å². The van der Waals surface area contributed by atoms with E-state index in [2.05, 4.69) is 0 Å². The van der Waals surface area contributed by atoms with Gasteiger partial charge in [0.05, 0.1) is 16.3 Å². The van der Waals surface area contributed by atoms with Crippen molar-refractivity contribution in [2.24, 2.45) is 0 Å². The molecule has 1 saturated heterocycles. The zero-order chi connectivity index (χ0) is 17.8. The molecular weight excluding hydrogens is 342 g/mol. The topological polar surface area (TPSA) is 63.7 Å². The predicted molar refractivity (Wildman–Crippen MR) is 94.1 cm³/mol. The highest BCUT2D eigenvalue weighted by Gasteiger charge is 2.26. The number of ketones is 1. The summed E-state index contributed by atoms with van der Waals surface area (Å²) in [6.45, 7) is 0.159. The van der Waals surface area contributed by atoms with Crippen LogP contribution in [0.1, 0.15) is 33.6 Å². The Hall–Kier alpha value is -2.66. The lowest BCUT2D eigenvalue weighted by Gasteiger charge is -2.18. The van der Waals surface area contributed by atoms with E-state index in [9.17, 15) is 14.4 Å². The summed E-state index contributed by atoms with van der Waals surface area (Å²) in [6, 6.07) is 13.3. The number of Topliss-reactive ketones (excluding diaryl/α,β-unsaturated/α-hetero) is 1. The van der Waals surface area contributed by atoms with Crippen molar-refractivity contribution in [2.75, 3.05) is 18.1 Å². The van der Waals surface area contributed by atoms with E-state index in [4.69, 9.17) is 16.3 Å². The third kappa shape index (κ3) is 3.72. The molecule has 0 N–H and O–H groups in total. The van der Waals surface area contributed by atoms with Crippen molar-refractivity contribution in [3.8, 4) is 0 Å². The van der Waals surface area contributed by atoms with E-state index < -0.39 is 12.6 Å². The van der Waals surface area contributed by atoms with Crippen LogP contribution in [0, 0.1) is 0 Å². The summed E-state index contributed by atoms with van der Waals surface area (Å²) < 4.78 is 5.15. The molecule has 0 aromatic heterocycles. The number of nitrogens with zero attached hydrogens (tertiary/aromatic N) is 1. The lowest BCUT2D eigenvalue weighted by atomic mass is 10.1. The second-order valence-electron chi connectivity index (χ2n) is 5.65. The molecule has 25 heavy (non-hydrogen) atoms. The van der Waals surface area contributed by atoms with Crippen molar-refractivity contribution in [1.82, 2.24) is 0 Å². The van der Waals surface area contributed by atoms with Crippen LogP contribution in [0.25, 0.3) is 0 Å². The van der Waals surface area contributed by atoms with E-state index in [0.29, 0.717) is 29.2 Å². The van der Waals surface area contributed by atoms with Crippen molar-refractivity contribution < 1.29 is 19.1 Å². The summed E-state index contributed by atoms with van der Waals surface area (Å²) in [5.74, 6) is -1.04. The fourth-order valence-corrected chi connectivity index (χ4v) is 3.00. The number of rotatable bonds is 5. The first-order chi connectivity index (χ1) is 12.1. The molecule has 3 rings (SSSR count). The Kier molecular flexibility index (Phi) is 5.14. The van der Waals surface area contributed by atoms with Gasteiger partial charge in [0, 0.05) is 18.5 Å². The Morgan fingerprint density at radius 3 is 2.40 bits per heavy atom. The highest BCUT2D eigenvalue weighted by Crippen LogP contribution is 2.26. The number of hydrogen-bond acceptors (Lipinski definition) is 4. The number of halogens is 1. The summed E-state index contributed by atoms with van der Waals surface area (Å²) >= 11 is 5.97. The molecule has 0 spiro atoms. The highest BCUT2D eigenvalue weighted by atomic mass is 35.5. The Morgan fingerprint density at radius 1 is 1.04 bits per heavy atom. The van der Waals surface area contributed by atoms with Crippen LogP contribution in [0.15, 0.2) is 48.5 Å². The molecule has 1 amide bonds. The van der Waals surface area contributed by atoms with Crippen LogP contribution in [0.4, 0.5) is 5.69 Å². The molecule has 0 aliphatic carbocycles. The lowest BCUT2D eigenvalue weighted by molar-refractivity contribution is -0.117. The number of anilines is 1. The van der Waals surface area contributed by atoms with E-state index in [1.54, 1.807) is 53.4 Å². The van der Waals surface area contributed by atoms with Gasteiger partial charge in [-0.2, -0.15) is 0 Å². The van der Waals surface area contributed by atoms with Crippen molar-refractivity contribution in [2.45, 2.75) is 12.8 Å². The Bertz CT molecular complexity index is 834. The first-order valence-corrected chi connectivity index (χ1v) is 8.30. The third-order valence-electron chi connectivity index (χ3n) is 4.00. The van der Waals surface area contributed by atoms with Gasteiger partial charge in [0.25, 0.3) is 0 Å². The normalized spacial score (nSPS) is 13.8. The maximum Gasteiger partial charge on any atom is 0.340 e. The van der Waals surface area contributed by atoms with Crippen molar-refractivity contribution in [3.05, 3.63) is 64.7 Å². The standard InChI is InChI=1S/C19H16ClNO4/c20-15-8-3-1-6-13(15)17(22)12-25-19(24)14-7-2-4-9-16(14)21-11-5-10-18(21)23/h1-4,6-9H,5,10-12H2. The van der Waals surface area contributed by atoms with Crippen LogP contribution in [0.2, 0.25) is 5.02 Å². The minimum atomic E-state index is -0.643. The Labute approximate surface area is 150 Å². The number of esters is 1. The monoisotopic (exact) mass is 357 g/mol. The molecule has 5 nitrogen and oxygen atoms in total. The molecule has 2 aromatic carbocycles. The zero-order valence-corrected chi connectivity index (χ0v) is 14.2. The van der Waals surface area contributed by atoms with E-state index in [0.717, 1.165) is 6.42 Å². The average Bonchev–Trinajstić information content (AvgIpc) is 3.05. The fraction of sp³-hybridized carbons (Fsp3) is 0.211. The first kappa shape index (κ1) is 17.2. The summed E-state index contributed by atoms with van der Waals surface area (Å²) in [5.41, 5.74) is 1.09. The molecule has 1 heterocycles. The molecule has 2 aromatic rings. The minimum Gasteiger partial charge on any atom is -0.454 e. The van der Waals surface area contributed by atoms with Crippen molar-refractivity contribution >= 4 is 34.9 Å². The van der Waals surface area contributed by atoms with E-state index >= 15 is 0 Å². The number of para-hydroxylation sites is 1. The molecule has 6 heteroatoms. The van der Waals surface area contributed by atoms with Gasteiger partial charge in [-0.3, -0.25) is 9.59 Å². The van der Waals surface area contributed by atoms with Gasteiger partial charge in [0.2, 0.25) is 11.7 Å². The number of carbonyl (C=O) groups is 3. The maximum absolute atomic E-state index is 12.4. The van der Waals surface area contributed by atoms with Crippen LogP contribution in [0.5, 0.6) is 0 Å². The quantitative estimate of drug-likeness (QED) is 0.607. The SMILES string of the molecule is O=C(COC(=O)c1ccccc1N1CCCC1=O)c1ccccc1Cl. The number of benzene rings is 2. The lowest BCUT2D eigenvalue weighted by Crippen LogP contribution is -2.26. The molecule has 128 valence electrons. The molecule has 0 atom stereocenters. The van der Waals surface area contributed by atoms with Gasteiger partial charge < -0.3 is 9.64 Å². The third-order valence-corrected chi connectivity index (χ3v) is 4.33. The molecular formula is C19H16ClNO4. The number of ether oxygens (including phenoxy) is 1. The van der Waals surface area contributed by atoms with Crippen LogP contribution in [0.3, 0.4) is 0 Å². The maximum atomic E-state index is 12.4. The second kappa shape index (κ2) is 7.49. The molecule has 0 unspecified atom stereocenters. The molecule has 0 saturated carbocycles. The summed E-state index contributed by atoms with van der Waals surface area (Å²) in [7, 11) is 0. The van der Waals surface area contributed by atoms with Gasteiger partial charge in [-0.1, -0.05) is 35.9 Å². The van der Waals surface area contributed by atoms with E-state index in [1.165, 1.54) is 0 Å². The van der Waals surface area contributed by atoms with E-state index in [-0.39, 0.29) is 17.3 Å². The molecule has 0 bridgehead atoms. The van der Waals surface area contributed by atoms with Gasteiger partial charge in [0.15, 0.2) is 6.61 Å². The number of amides is 1. The summed E-state index contributed by atoms with van der Waals surface area (Å²) in [6.07, 6.45) is 1.22. The van der Waals surface area contributed by atoms with Gasteiger partial charge >= 0.3 is 5.97 Å². The summed E-state index contributed by atoms with van der Waals surface area (Å²) in [5, 5.41) is 0.312. The largest absolute Gasteiger partial charge is 0.454 e. The van der Waals surface area contributed by atoms with Gasteiger partial charge in [-0.25, -0.2) is 4.79 Å². The Balaban J connectivity index is 1.73. The fourth-order valence-electron chi connectivity index (χ4n) is 2.76. The highest BCUT2D eigenvalue weighted by molar-refractivity contribution is 6.34. The van der Waals surface area contributed by atoms with Gasteiger partial charge in [-0.15, -0.1) is 0 Å². The van der Waals surface area contributed by atoms with Crippen LogP contribution in [-0.2, 0) is 9.53 Å². The molecule has 1 fully saturated rings. The number of hydrogen-bond donors (Lipinski definition) is 0. The van der Waals surface area contributed by atoms with Crippen LogP contribution in [-0.4, -0.2) is 30.8 Å². The van der Waals surface area contributed by atoms with Gasteiger partial charge in [0.1, 0.15) is 0 Å². The molecule has 0 radical (unpaired) electrons. The first-order valence-electron chi connectivity index (χ1n) is 7.92. The smallest absolute Gasteiger partial charge is 0.340 e. The van der Waals surface area contributed by atoms with Crippen LogP contribution >= 0.6 is 11.6 Å². The van der Waals surface area contributed by atoms with E-state index in [1.807, 2.05) is 0 Å². The van der Waals surface area contributed by atoms with Crippen LogP contribution < -0.4 is 4.90 Å². The van der Waals surface area contributed by atoms with Gasteiger partial charge in [-0.05, 0) is 30.7 Å². The Morgan fingerprint density at radius 2 is 1.72 bits per heavy atom. The molecule has 1 aliphatic heterocycles. The zero-order valence-electron chi connectivity index (χ0n) is 13.4. The molecule has 1 aliphatic rings.